The number of anilines is 2. The molecule has 3 aromatic rings. The van der Waals surface area contributed by atoms with Crippen LogP contribution in [0.15, 0.2) is 41.4 Å². The second-order valence-electron chi connectivity index (χ2n) is 8.94. The van der Waals surface area contributed by atoms with E-state index >= 15 is 0 Å². The molecule has 6 nitrogen and oxygen atoms in total. The van der Waals surface area contributed by atoms with Crippen molar-refractivity contribution in [2.24, 2.45) is 10.9 Å². The van der Waals surface area contributed by atoms with Crippen LogP contribution in [0.1, 0.15) is 36.9 Å². The van der Waals surface area contributed by atoms with Crippen molar-refractivity contribution in [1.82, 2.24) is 10.2 Å². The Bertz CT molecular complexity index is 1260. The zero-order valence-electron chi connectivity index (χ0n) is 17.5. The summed E-state index contributed by atoms with van der Waals surface area (Å²) in [6.45, 7) is 2.19. The summed E-state index contributed by atoms with van der Waals surface area (Å²) in [5.74, 6) is -4.76. The molecule has 1 amide bonds. The second kappa shape index (κ2) is 7.12. The summed E-state index contributed by atoms with van der Waals surface area (Å²) in [7, 11) is 0. The summed E-state index contributed by atoms with van der Waals surface area (Å²) in [6.07, 6.45) is 4.06. The van der Waals surface area contributed by atoms with Crippen LogP contribution in [0.5, 0.6) is 0 Å². The van der Waals surface area contributed by atoms with Crippen LogP contribution >= 0.6 is 0 Å². The van der Waals surface area contributed by atoms with Crippen LogP contribution in [0.4, 0.5) is 25.8 Å². The van der Waals surface area contributed by atoms with Crippen molar-refractivity contribution in [1.29, 1.82) is 0 Å². The lowest BCUT2D eigenvalue weighted by Gasteiger charge is -2.29. The number of hydrogen-bond acceptors (Lipinski definition) is 4. The van der Waals surface area contributed by atoms with Crippen LogP contribution in [0.2, 0.25) is 0 Å². The van der Waals surface area contributed by atoms with Gasteiger partial charge in [0.25, 0.3) is 5.92 Å². The fourth-order valence-corrected chi connectivity index (χ4v) is 4.71. The average Bonchev–Trinajstić information content (AvgIpc) is 3.13. The van der Waals surface area contributed by atoms with Gasteiger partial charge in [-0.2, -0.15) is 5.10 Å². The molecule has 6 rings (SSSR count). The van der Waals surface area contributed by atoms with E-state index in [1.54, 1.807) is 18.2 Å². The first-order valence-electron chi connectivity index (χ1n) is 11.1. The molecule has 0 bridgehead atoms. The topological polar surface area (TPSA) is 73.4 Å². The minimum absolute atomic E-state index is 0.382. The third kappa shape index (κ3) is 3.34. The first kappa shape index (κ1) is 19.4. The van der Waals surface area contributed by atoms with E-state index in [-0.39, 0.29) is 6.42 Å². The molecule has 1 atom stereocenters. The molecule has 3 aliphatic rings. The molecule has 3 heterocycles. The molecule has 2 fully saturated rings. The van der Waals surface area contributed by atoms with Gasteiger partial charge in [0.15, 0.2) is 0 Å². The molecule has 1 unspecified atom stereocenters. The van der Waals surface area contributed by atoms with Gasteiger partial charge in [-0.25, -0.2) is 8.78 Å². The minimum Gasteiger partial charge on any atom is -0.372 e. The molecule has 32 heavy (non-hydrogen) atoms. The van der Waals surface area contributed by atoms with E-state index in [9.17, 15) is 13.6 Å². The number of halogens is 2. The Labute approximate surface area is 183 Å². The number of amides is 1. The van der Waals surface area contributed by atoms with Gasteiger partial charge < -0.3 is 10.2 Å². The number of benzene rings is 2. The Hall–Kier alpha value is -3.29. The van der Waals surface area contributed by atoms with Crippen molar-refractivity contribution in [2.45, 2.75) is 38.0 Å². The highest BCUT2D eigenvalue weighted by Crippen LogP contribution is 2.49. The SMILES string of the molecule is O=C(Nc1ccc2[nH]nc(C3=Nc4ccc(N5CCCCC5)cc4C3)c2c1)C1CC1(F)F. The number of aliphatic imine (C=N–C) groups is 1. The molecule has 1 saturated heterocycles. The lowest BCUT2D eigenvalue weighted by Crippen LogP contribution is -2.29. The number of carbonyl (C=O) groups excluding carboxylic acids is 1. The van der Waals surface area contributed by atoms with Crippen molar-refractivity contribution >= 4 is 39.6 Å². The quantitative estimate of drug-likeness (QED) is 0.617. The van der Waals surface area contributed by atoms with E-state index in [2.05, 4.69) is 38.6 Å². The lowest BCUT2D eigenvalue weighted by atomic mass is 10.0. The fourth-order valence-electron chi connectivity index (χ4n) is 4.71. The molecule has 2 aromatic carbocycles. The minimum atomic E-state index is -2.88. The van der Waals surface area contributed by atoms with Crippen LogP contribution in [0, 0.1) is 5.92 Å². The van der Waals surface area contributed by atoms with Gasteiger partial charge in [-0.15, -0.1) is 0 Å². The largest absolute Gasteiger partial charge is 0.372 e. The first-order valence-corrected chi connectivity index (χ1v) is 11.1. The summed E-state index contributed by atoms with van der Waals surface area (Å²) in [6, 6.07) is 11.7. The molecule has 1 saturated carbocycles. The van der Waals surface area contributed by atoms with Crippen molar-refractivity contribution in [3.8, 4) is 0 Å². The van der Waals surface area contributed by atoms with Gasteiger partial charge in [-0.05, 0) is 61.2 Å². The summed E-state index contributed by atoms with van der Waals surface area (Å²) in [5.41, 5.74) is 6.26. The van der Waals surface area contributed by atoms with Crippen LogP contribution < -0.4 is 10.2 Å². The Balaban J connectivity index is 1.25. The number of alkyl halides is 2. The Morgan fingerprint density at radius 2 is 1.94 bits per heavy atom. The third-order valence-corrected chi connectivity index (χ3v) is 6.64. The summed E-state index contributed by atoms with van der Waals surface area (Å²) in [4.78, 5) is 19.3. The van der Waals surface area contributed by atoms with E-state index < -0.39 is 17.7 Å². The van der Waals surface area contributed by atoms with Crippen molar-refractivity contribution < 1.29 is 13.6 Å². The third-order valence-electron chi connectivity index (χ3n) is 6.64. The van der Waals surface area contributed by atoms with Crippen LogP contribution in [-0.2, 0) is 11.2 Å². The van der Waals surface area contributed by atoms with Gasteiger partial charge in [0.05, 0.1) is 16.9 Å². The number of nitrogens with one attached hydrogen (secondary N) is 2. The standard InChI is InChI=1S/C24H23F2N5O/c25-24(26)13-18(24)23(32)27-15-4-6-20-17(12-15)22(30-29-20)21-11-14-10-16(5-7-19(14)28-21)31-8-2-1-3-9-31/h4-7,10,12,18H,1-3,8-9,11,13H2,(H,27,32)(H,29,30). The van der Waals surface area contributed by atoms with E-state index in [1.165, 1.54) is 30.5 Å². The van der Waals surface area contributed by atoms with Crippen molar-refractivity contribution in [2.75, 3.05) is 23.3 Å². The van der Waals surface area contributed by atoms with Crippen molar-refractivity contribution in [3.63, 3.8) is 0 Å². The van der Waals surface area contributed by atoms with Gasteiger partial charge in [-0.1, -0.05) is 0 Å². The predicted molar refractivity (Wildman–Crippen MR) is 120 cm³/mol. The zero-order valence-corrected chi connectivity index (χ0v) is 17.5. The highest BCUT2D eigenvalue weighted by molar-refractivity contribution is 6.13. The Morgan fingerprint density at radius 1 is 1.12 bits per heavy atom. The number of aromatic amines is 1. The predicted octanol–water partition coefficient (Wildman–Crippen LogP) is 4.82. The molecule has 0 radical (unpaired) electrons. The molecule has 164 valence electrons. The summed E-state index contributed by atoms with van der Waals surface area (Å²) < 4.78 is 26.4. The van der Waals surface area contributed by atoms with Crippen molar-refractivity contribution in [3.05, 3.63) is 47.7 Å². The van der Waals surface area contributed by atoms with E-state index in [1.807, 2.05) is 0 Å². The van der Waals surface area contributed by atoms with Crippen LogP contribution in [0.3, 0.4) is 0 Å². The summed E-state index contributed by atoms with van der Waals surface area (Å²) in [5, 5.41) is 10.9. The highest BCUT2D eigenvalue weighted by Gasteiger charge is 2.61. The van der Waals surface area contributed by atoms with Gasteiger partial charge in [0.1, 0.15) is 11.6 Å². The number of fused-ring (bicyclic) bond motifs is 2. The molecule has 2 N–H and O–H groups in total. The number of rotatable bonds is 4. The summed E-state index contributed by atoms with van der Waals surface area (Å²) >= 11 is 0. The van der Waals surface area contributed by atoms with E-state index in [0.717, 1.165) is 41.1 Å². The number of aromatic nitrogens is 2. The Morgan fingerprint density at radius 3 is 2.72 bits per heavy atom. The number of carbonyl (C=O) groups is 1. The molecular formula is C24H23F2N5O. The molecular weight excluding hydrogens is 412 g/mol. The zero-order chi connectivity index (χ0) is 21.9. The number of H-pyrrole nitrogens is 1. The van der Waals surface area contributed by atoms with Gasteiger partial charge in [0.2, 0.25) is 5.91 Å². The smallest absolute Gasteiger partial charge is 0.260 e. The molecule has 0 spiro atoms. The number of hydrogen-bond donors (Lipinski definition) is 2. The van der Waals surface area contributed by atoms with Gasteiger partial charge in [0, 0.05) is 42.7 Å². The maximum absolute atomic E-state index is 13.2. The number of piperidine rings is 1. The molecule has 1 aromatic heterocycles. The molecule has 2 aliphatic heterocycles. The lowest BCUT2D eigenvalue weighted by molar-refractivity contribution is -0.119. The fraction of sp³-hybridized carbons (Fsp3) is 0.375. The van der Waals surface area contributed by atoms with Gasteiger partial charge in [-0.3, -0.25) is 14.9 Å². The highest BCUT2D eigenvalue weighted by atomic mass is 19.3. The van der Waals surface area contributed by atoms with Crippen LogP contribution in [-0.4, -0.2) is 40.8 Å². The molecule has 1 aliphatic carbocycles. The van der Waals surface area contributed by atoms with E-state index in [0.29, 0.717) is 12.1 Å². The van der Waals surface area contributed by atoms with Gasteiger partial charge >= 0.3 is 0 Å². The number of nitrogens with zero attached hydrogens (tertiary/aromatic N) is 3. The first-order chi connectivity index (χ1) is 15.5. The average molecular weight is 435 g/mol. The maximum Gasteiger partial charge on any atom is 0.260 e. The maximum atomic E-state index is 13.2. The normalized spacial score (nSPS) is 21.4. The second-order valence-corrected chi connectivity index (χ2v) is 8.94. The van der Waals surface area contributed by atoms with Crippen LogP contribution in [0.25, 0.3) is 10.9 Å². The Kier molecular flexibility index (Phi) is 4.31. The van der Waals surface area contributed by atoms with E-state index in [4.69, 9.17) is 4.99 Å². The molecule has 8 heteroatoms. The monoisotopic (exact) mass is 435 g/mol.